The van der Waals surface area contributed by atoms with E-state index in [1.54, 1.807) is 16.2 Å². The fraction of sp³-hybridized carbons (Fsp3) is 0.500. The van der Waals surface area contributed by atoms with Crippen LogP contribution in [0.3, 0.4) is 0 Å². The van der Waals surface area contributed by atoms with Gasteiger partial charge in [0.2, 0.25) is 11.8 Å². The van der Waals surface area contributed by atoms with Crippen LogP contribution < -0.4 is 21.2 Å². The highest BCUT2D eigenvalue weighted by atomic mass is 16.2. The molecule has 3 fully saturated rings. The maximum atomic E-state index is 12.9. The van der Waals surface area contributed by atoms with Gasteiger partial charge in [0.05, 0.1) is 16.7 Å². The van der Waals surface area contributed by atoms with Gasteiger partial charge in [0.15, 0.2) is 0 Å². The van der Waals surface area contributed by atoms with E-state index in [9.17, 15) is 14.4 Å². The zero-order chi connectivity index (χ0) is 18.1. The van der Waals surface area contributed by atoms with Crippen molar-refractivity contribution >= 4 is 28.5 Å². The third-order valence-electron chi connectivity index (χ3n) is 6.00. The van der Waals surface area contributed by atoms with E-state index in [-0.39, 0.29) is 18.0 Å². The number of hydrogen-bond donors (Lipinski definition) is 2. The largest absolute Gasteiger partial charge is 0.368 e. The Bertz CT molecular complexity index is 992. The average molecular weight is 355 g/mol. The Balaban J connectivity index is 1.59. The molecule has 3 aliphatic rings. The van der Waals surface area contributed by atoms with E-state index in [0.717, 1.165) is 42.9 Å². The Morgan fingerprint density at radius 1 is 1.15 bits per heavy atom. The van der Waals surface area contributed by atoms with Gasteiger partial charge in [-0.3, -0.25) is 24.0 Å². The van der Waals surface area contributed by atoms with Crippen LogP contribution in [0.25, 0.3) is 11.0 Å². The lowest BCUT2D eigenvalue weighted by Gasteiger charge is -2.57. The van der Waals surface area contributed by atoms with Crippen LogP contribution in [0.2, 0.25) is 0 Å². The fourth-order valence-corrected chi connectivity index (χ4v) is 4.54. The first-order valence-corrected chi connectivity index (χ1v) is 8.98. The molecule has 1 aromatic carbocycles. The molecular weight excluding hydrogens is 334 g/mol. The Labute approximate surface area is 149 Å². The summed E-state index contributed by atoms with van der Waals surface area (Å²) in [5, 5.41) is 5.68. The SMILES string of the molecule is Cn1c(=O)n(C2CCC(=O)NC2=O)c2cccc(N3CC4(CNC4)C3)c21. The molecule has 4 heterocycles. The number of carbonyl (C=O) groups is 2. The molecule has 1 atom stereocenters. The van der Waals surface area contributed by atoms with Crippen LogP contribution in [-0.4, -0.2) is 47.1 Å². The van der Waals surface area contributed by atoms with Crippen LogP contribution in [0.5, 0.6) is 0 Å². The number of fused-ring (bicyclic) bond motifs is 1. The summed E-state index contributed by atoms with van der Waals surface area (Å²) >= 11 is 0. The molecule has 0 saturated carbocycles. The van der Waals surface area contributed by atoms with Gasteiger partial charge >= 0.3 is 5.69 Å². The highest BCUT2D eigenvalue weighted by Crippen LogP contribution is 2.40. The van der Waals surface area contributed by atoms with Gasteiger partial charge < -0.3 is 10.2 Å². The van der Waals surface area contributed by atoms with Crippen molar-refractivity contribution in [3.63, 3.8) is 0 Å². The van der Waals surface area contributed by atoms with E-state index in [1.807, 2.05) is 18.2 Å². The fourth-order valence-electron chi connectivity index (χ4n) is 4.54. The summed E-state index contributed by atoms with van der Waals surface area (Å²) in [7, 11) is 1.75. The predicted octanol–water partition coefficient (Wildman–Crippen LogP) is -0.273. The monoisotopic (exact) mass is 355 g/mol. The van der Waals surface area contributed by atoms with Gasteiger partial charge in [-0.1, -0.05) is 6.07 Å². The summed E-state index contributed by atoms with van der Waals surface area (Å²) in [4.78, 5) is 39.0. The first kappa shape index (κ1) is 15.6. The smallest absolute Gasteiger partial charge is 0.329 e. The molecule has 1 aromatic heterocycles. The van der Waals surface area contributed by atoms with Crippen molar-refractivity contribution in [2.45, 2.75) is 18.9 Å². The number of carbonyl (C=O) groups excluding carboxylic acids is 2. The highest BCUT2D eigenvalue weighted by Gasteiger charge is 2.48. The molecule has 5 rings (SSSR count). The maximum Gasteiger partial charge on any atom is 0.329 e. The van der Waals surface area contributed by atoms with E-state index in [4.69, 9.17) is 0 Å². The van der Waals surface area contributed by atoms with Crippen LogP contribution in [0.15, 0.2) is 23.0 Å². The second kappa shape index (κ2) is 5.20. The third-order valence-corrected chi connectivity index (χ3v) is 6.00. The molecule has 0 radical (unpaired) electrons. The molecule has 8 heteroatoms. The lowest BCUT2D eigenvalue weighted by atomic mass is 9.74. The molecule has 2 N–H and O–H groups in total. The summed E-state index contributed by atoms with van der Waals surface area (Å²) in [5.74, 6) is -0.676. The number of amides is 2. The normalized spacial score (nSPS) is 24.5. The van der Waals surface area contributed by atoms with Crippen LogP contribution in [-0.2, 0) is 16.6 Å². The van der Waals surface area contributed by atoms with Crippen molar-refractivity contribution in [1.29, 1.82) is 0 Å². The Morgan fingerprint density at radius 3 is 2.58 bits per heavy atom. The van der Waals surface area contributed by atoms with Crippen molar-refractivity contribution < 1.29 is 9.59 Å². The molecular formula is C18H21N5O3. The van der Waals surface area contributed by atoms with Crippen molar-refractivity contribution in [2.75, 3.05) is 31.1 Å². The summed E-state index contributed by atoms with van der Waals surface area (Å²) in [6.45, 7) is 4.07. The molecule has 2 aromatic rings. The first-order valence-electron chi connectivity index (χ1n) is 8.98. The molecule has 3 saturated heterocycles. The van der Waals surface area contributed by atoms with Crippen molar-refractivity contribution in [2.24, 2.45) is 12.5 Å². The Hall–Kier alpha value is -2.61. The summed E-state index contributed by atoms with van der Waals surface area (Å²) < 4.78 is 3.17. The number of anilines is 1. The number of nitrogens with zero attached hydrogens (tertiary/aromatic N) is 3. The molecule has 3 aliphatic heterocycles. The van der Waals surface area contributed by atoms with Gasteiger partial charge in [-0.15, -0.1) is 0 Å². The third kappa shape index (κ3) is 2.02. The lowest BCUT2D eigenvalue weighted by molar-refractivity contribution is -0.135. The molecule has 1 spiro atoms. The number of rotatable bonds is 2. The first-order chi connectivity index (χ1) is 12.5. The second-order valence-corrected chi connectivity index (χ2v) is 7.78. The molecule has 0 aliphatic carbocycles. The number of para-hydroxylation sites is 1. The van der Waals surface area contributed by atoms with Crippen molar-refractivity contribution in [1.82, 2.24) is 19.8 Å². The van der Waals surface area contributed by atoms with Gasteiger partial charge in [0, 0.05) is 45.1 Å². The number of nitrogens with one attached hydrogen (secondary N) is 2. The van der Waals surface area contributed by atoms with E-state index in [1.165, 1.54) is 0 Å². The van der Waals surface area contributed by atoms with E-state index in [2.05, 4.69) is 15.5 Å². The molecule has 26 heavy (non-hydrogen) atoms. The Kier molecular flexibility index (Phi) is 3.13. The number of imidazole rings is 1. The highest BCUT2D eigenvalue weighted by molar-refractivity contribution is 6.00. The zero-order valence-corrected chi connectivity index (χ0v) is 14.6. The minimum Gasteiger partial charge on any atom is -0.368 e. The molecule has 2 amide bonds. The number of imide groups is 1. The molecule has 136 valence electrons. The van der Waals surface area contributed by atoms with Crippen LogP contribution in [0.4, 0.5) is 5.69 Å². The van der Waals surface area contributed by atoms with Gasteiger partial charge in [0.1, 0.15) is 6.04 Å². The van der Waals surface area contributed by atoms with Crippen LogP contribution >= 0.6 is 0 Å². The molecule has 8 nitrogen and oxygen atoms in total. The number of piperidine rings is 1. The number of aromatic nitrogens is 2. The number of aryl methyl sites for hydroxylation is 1. The van der Waals surface area contributed by atoms with E-state index in [0.29, 0.717) is 11.8 Å². The minimum absolute atomic E-state index is 0.220. The minimum atomic E-state index is -0.641. The predicted molar refractivity (Wildman–Crippen MR) is 96.1 cm³/mol. The standard InChI is InChI=1S/C18H21N5O3/c1-21-15-11(22-9-18(10-22)7-19-8-18)3-2-4-12(15)23(17(21)26)13-5-6-14(24)20-16(13)25/h2-4,13,19H,5-10H2,1H3,(H,20,24,25). The lowest BCUT2D eigenvalue weighted by Crippen LogP contribution is -2.71. The van der Waals surface area contributed by atoms with Crippen LogP contribution in [0, 0.1) is 5.41 Å². The van der Waals surface area contributed by atoms with Crippen molar-refractivity contribution in [3.05, 3.63) is 28.7 Å². The van der Waals surface area contributed by atoms with Gasteiger partial charge in [-0.05, 0) is 18.6 Å². The van der Waals surface area contributed by atoms with E-state index < -0.39 is 11.9 Å². The van der Waals surface area contributed by atoms with Gasteiger partial charge in [0.25, 0.3) is 0 Å². The quantitative estimate of drug-likeness (QED) is 0.724. The summed E-state index contributed by atoms with van der Waals surface area (Å²) in [5.41, 5.74) is 2.79. The van der Waals surface area contributed by atoms with Gasteiger partial charge in [-0.25, -0.2) is 4.79 Å². The second-order valence-electron chi connectivity index (χ2n) is 7.78. The number of benzene rings is 1. The average Bonchev–Trinajstić information content (AvgIpc) is 2.78. The summed E-state index contributed by atoms with van der Waals surface area (Å²) in [6, 6.07) is 5.21. The van der Waals surface area contributed by atoms with E-state index >= 15 is 0 Å². The van der Waals surface area contributed by atoms with Crippen molar-refractivity contribution in [3.8, 4) is 0 Å². The maximum absolute atomic E-state index is 12.9. The molecule has 0 bridgehead atoms. The topological polar surface area (TPSA) is 88.4 Å². The van der Waals surface area contributed by atoms with Gasteiger partial charge in [-0.2, -0.15) is 0 Å². The summed E-state index contributed by atoms with van der Waals surface area (Å²) in [6.07, 6.45) is 0.604. The van der Waals surface area contributed by atoms with Crippen LogP contribution in [0.1, 0.15) is 18.9 Å². The Morgan fingerprint density at radius 2 is 1.92 bits per heavy atom. The molecule has 1 unspecified atom stereocenters. The number of hydrogen-bond acceptors (Lipinski definition) is 5. The zero-order valence-electron chi connectivity index (χ0n) is 14.6.